The first kappa shape index (κ1) is 13.3. The lowest BCUT2D eigenvalue weighted by molar-refractivity contribution is 0.103. The summed E-state index contributed by atoms with van der Waals surface area (Å²) in [4.78, 5) is 5.30. The first-order valence-electron chi connectivity index (χ1n) is 6.77. The molecule has 0 aliphatic carbocycles. The van der Waals surface area contributed by atoms with Crippen LogP contribution in [-0.2, 0) is 4.74 Å². The Balaban J connectivity index is 1.73. The number of thiazole rings is 1. The maximum atomic E-state index is 5.85. The van der Waals surface area contributed by atoms with Gasteiger partial charge in [0.1, 0.15) is 16.8 Å². The van der Waals surface area contributed by atoms with Gasteiger partial charge < -0.3 is 10.5 Å². The molecular weight excluding hydrogens is 308 g/mol. The molecule has 1 fully saturated rings. The molecule has 2 atom stereocenters. The topological polar surface area (TPSA) is 91.2 Å². The summed E-state index contributed by atoms with van der Waals surface area (Å²) in [5.41, 5.74) is 6.70. The van der Waals surface area contributed by atoms with Crippen LogP contribution in [0.15, 0.2) is 5.38 Å². The van der Waals surface area contributed by atoms with Gasteiger partial charge in [0.2, 0.25) is 4.96 Å². The lowest BCUT2D eigenvalue weighted by Crippen LogP contribution is -2.04. The minimum absolute atomic E-state index is 0.00464. The highest BCUT2D eigenvalue weighted by Gasteiger charge is 2.25. The van der Waals surface area contributed by atoms with Gasteiger partial charge in [-0.1, -0.05) is 11.3 Å². The Morgan fingerprint density at radius 1 is 1.48 bits per heavy atom. The first-order valence-corrected chi connectivity index (χ1v) is 8.47. The third-order valence-electron chi connectivity index (χ3n) is 3.36. The summed E-state index contributed by atoms with van der Waals surface area (Å²) in [7, 11) is 0. The lowest BCUT2D eigenvalue weighted by atomic mass is 10.2. The Hall–Kier alpha value is -1.42. The molecule has 1 aliphatic rings. The van der Waals surface area contributed by atoms with Crippen molar-refractivity contribution in [2.45, 2.75) is 31.9 Å². The first-order chi connectivity index (χ1) is 10.2. The Kier molecular flexibility index (Phi) is 3.21. The molecule has 4 heterocycles. The standard InChI is InChI=1S/C12H14N6OS2/c1-6(13)10-14-7(5-20-10)11-17-18-9(8-3-2-4-19-8)15-16-12(18)21-11/h5-6,8H,2-4,13H2,1H3. The van der Waals surface area contributed by atoms with Gasteiger partial charge in [-0.3, -0.25) is 0 Å². The van der Waals surface area contributed by atoms with E-state index in [2.05, 4.69) is 20.3 Å². The predicted octanol–water partition coefficient (Wildman–Crippen LogP) is 2.18. The molecule has 0 bridgehead atoms. The average molecular weight is 322 g/mol. The second kappa shape index (κ2) is 5.09. The van der Waals surface area contributed by atoms with Crippen molar-refractivity contribution in [1.82, 2.24) is 24.8 Å². The molecule has 110 valence electrons. The fourth-order valence-electron chi connectivity index (χ4n) is 2.31. The van der Waals surface area contributed by atoms with Gasteiger partial charge in [-0.15, -0.1) is 21.5 Å². The highest BCUT2D eigenvalue weighted by molar-refractivity contribution is 7.20. The number of fused-ring (bicyclic) bond motifs is 1. The van der Waals surface area contributed by atoms with Gasteiger partial charge in [0.25, 0.3) is 0 Å². The van der Waals surface area contributed by atoms with Crippen molar-refractivity contribution in [2.24, 2.45) is 5.73 Å². The van der Waals surface area contributed by atoms with Gasteiger partial charge in [0.05, 0.1) is 6.04 Å². The van der Waals surface area contributed by atoms with Crippen LogP contribution >= 0.6 is 22.7 Å². The summed E-state index contributed by atoms with van der Waals surface area (Å²) in [5.74, 6) is 0.785. The largest absolute Gasteiger partial charge is 0.370 e. The van der Waals surface area contributed by atoms with Crippen molar-refractivity contribution in [2.75, 3.05) is 6.61 Å². The quantitative estimate of drug-likeness (QED) is 0.794. The third kappa shape index (κ3) is 2.26. The minimum atomic E-state index is -0.0584. The minimum Gasteiger partial charge on any atom is -0.370 e. The summed E-state index contributed by atoms with van der Waals surface area (Å²) < 4.78 is 7.45. The third-order valence-corrected chi connectivity index (χ3v) is 5.33. The Morgan fingerprint density at radius 2 is 2.38 bits per heavy atom. The molecule has 9 heteroatoms. The van der Waals surface area contributed by atoms with Crippen LogP contribution in [0.3, 0.4) is 0 Å². The summed E-state index contributed by atoms with van der Waals surface area (Å²) in [6, 6.07) is -0.0584. The van der Waals surface area contributed by atoms with E-state index in [0.29, 0.717) is 0 Å². The van der Waals surface area contributed by atoms with Crippen molar-refractivity contribution in [3.8, 4) is 10.7 Å². The monoisotopic (exact) mass is 322 g/mol. The average Bonchev–Trinajstić information content (AvgIpc) is 3.21. The molecule has 0 aromatic carbocycles. The van der Waals surface area contributed by atoms with Gasteiger partial charge >= 0.3 is 0 Å². The van der Waals surface area contributed by atoms with E-state index in [1.807, 2.05) is 12.3 Å². The maximum absolute atomic E-state index is 5.85. The van der Waals surface area contributed by atoms with Crippen LogP contribution in [0, 0.1) is 0 Å². The molecule has 4 rings (SSSR count). The van der Waals surface area contributed by atoms with Crippen LogP contribution in [0.1, 0.15) is 42.7 Å². The molecule has 1 aliphatic heterocycles. The Labute approximate surface area is 128 Å². The van der Waals surface area contributed by atoms with Gasteiger partial charge in [-0.05, 0) is 19.8 Å². The molecule has 2 N–H and O–H groups in total. The molecule has 21 heavy (non-hydrogen) atoms. The molecule has 3 aromatic rings. The molecule has 0 radical (unpaired) electrons. The number of hydrogen-bond acceptors (Lipinski definition) is 8. The second-order valence-electron chi connectivity index (χ2n) is 5.02. The zero-order valence-electron chi connectivity index (χ0n) is 11.4. The van der Waals surface area contributed by atoms with Crippen LogP contribution in [0.5, 0.6) is 0 Å². The molecule has 7 nitrogen and oxygen atoms in total. The van der Waals surface area contributed by atoms with Crippen molar-refractivity contribution in [3.63, 3.8) is 0 Å². The SMILES string of the molecule is CC(N)c1nc(-c2nn3c(C4CCCO4)nnc3s2)cs1. The van der Waals surface area contributed by atoms with E-state index in [1.54, 1.807) is 15.9 Å². The molecule has 1 saturated heterocycles. The zero-order chi connectivity index (χ0) is 14.4. The number of nitrogens with two attached hydrogens (primary N) is 1. The Bertz CT molecular complexity index is 770. The van der Waals surface area contributed by atoms with E-state index < -0.39 is 0 Å². The summed E-state index contributed by atoms with van der Waals surface area (Å²) in [6.45, 7) is 2.71. The molecule has 0 spiro atoms. The van der Waals surface area contributed by atoms with Crippen molar-refractivity contribution >= 4 is 27.6 Å². The number of hydrogen-bond donors (Lipinski definition) is 1. The van der Waals surface area contributed by atoms with Gasteiger partial charge in [-0.2, -0.15) is 9.61 Å². The van der Waals surface area contributed by atoms with Crippen LogP contribution in [-0.4, -0.2) is 31.4 Å². The van der Waals surface area contributed by atoms with Gasteiger partial charge in [0.15, 0.2) is 10.8 Å². The van der Waals surface area contributed by atoms with Crippen molar-refractivity contribution < 1.29 is 4.74 Å². The fourth-order valence-corrected chi connectivity index (χ4v) is 3.96. The highest BCUT2D eigenvalue weighted by atomic mass is 32.1. The molecule has 2 unspecified atom stereocenters. The van der Waals surface area contributed by atoms with Crippen LogP contribution in [0.4, 0.5) is 0 Å². The van der Waals surface area contributed by atoms with Crippen molar-refractivity contribution in [1.29, 1.82) is 0 Å². The Morgan fingerprint density at radius 3 is 3.10 bits per heavy atom. The smallest absolute Gasteiger partial charge is 0.235 e. The van der Waals surface area contributed by atoms with E-state index in [9.17, 15) is 0 Å². The summed E-state index contributed by atoms with van der Waals surface area (Å²) in [6.07, 6.45) is 2.03. The van der Waals surface area contributed by atoms with Crippen LogP contribution in [0.25, 0.3) is 15.7 Å². The zero-order valence-corrected chi connectivity index (χ0v) is 13.0. The predicted molar refractivity (Wildman–Crippen MR) is 80.3 cm³/mol. The molecule has 3 aromatic heterocycles. The number of rotatable bonds is 3. The molecular formula is C12H14N6OS2. The van der Waals surface area contributed by atoms with Crippen molar-refractivity contribution in [3.05, 3.63) is 16.2 Å². The van der Waals surface area contributed by atoms with Crippen LogP contribution in [0.2, 0.25) is 0 Å². The van der Waals surface area contributed by atoms with E-state index in [0.717, 1.165) is 45.9 Å². The van der Waals surface area contributed by atoms with Crippen LogP contribution < -0.4 is 5.73 Å². The lowest BCUT2D eigenvalue weighted by Gasteiger charge is -2.03. The second-order valence-corrected chi connectivity index (χ2v) is 6.87. The number of ether oxygens (including phenoxy) is 1. The normalized spacial score (nSPS) is 20.4. The fraction of sp³-hybridized carbons (Fsp3) is 0.500. The number of aromatic nitrogens is 5. The van der Waals surface area contributed by atoms with E-state index in [4.69, 9.17) is 10.5 Å². The molecule has 0 saturated carbocycles. The van der Waals surface area contributed by atoms with E-state index in [-0.39, 0.29) is 12.1 Å². The van der Waals surface area contributed by atoms with E-state index >= 15 is 0 Å². The molecule has 0 amide bonds. The number of nitrogens with zero attached hydrogens (tertiary/aromatic N) is 5. The summed E-state index contributed by atoms with van der Waals surface area (Å²) in [5, 5.41) is 16.7. The van der Waals surface area contributed by atoms with Gasteiger partial charge in [-0.25, -0.2) is 4.98 Å². The highest BCUT2D eigenvalue weighted by Crippen LogP contribution is 2.32. The summed E-state index contributed by atoms with van der Waals surface area (Å²) >= 11 is 3.04. The van der Waals surface area contributed by atoms with E-state index in [1.165, 1.54) is 11.3 Å². The van der Waals surface area contributed by atoms with Gasteiger partial charge in [0, 0.05) is 12.0 Å². The maximum Gasteiger partial charge on any atom is 0.235 e.